The molecule has 1 aromatic rings. The number of carbonyl (C=O) groups is 1. The molecule has 9 heteroatoms. The Morgan fingerprint density at radius 2 is 1.88 bits per heavy atom. The lowest BCUT2D eigenvalue weighted by molar-refractivity contribution is -0.121. The van der Waals surface area contributed by atoms with Crippen molar-refractivity contribution in [1.82, 2.24) is 10.0 Å². The Bertz CT molecular complexity index is 648. The molecule has 0 radical (unpaired) electrons. The van der Waals surface area contributed by atoms with Crippen LogP contribution in [-0.4, -0.2) is 33.0 Å². The number of halogens is 1. The van der Waals surface area contributed by atoms with Gasteiger partial charge >= 0.3 is 0 Å². The van der Waals surface area contributed by atoms with Gasteiger partial charge in [-0.3, -0.25) is 4.79 Å². The van der Waals surface area contributed by atoms with Crippen LogP contribution in [0.1, 0.15) is 51.8 Å². The third kappa shape index (κ3) is 7.52. The highest BCUT2D eigenvalue weighted by Gasteiger charge is 2.31. The van der Waals surface area contributed by atoms with Crippen molar-refractivity contribution in [3.8, 4) is 0 Å². The van der Waals surface area contributed by atoms with Crippen LogP contribution in [0.5, 0.6) is 0 Å². The van der Waals surface area contributed by atoms with Crippen molar-refractivity contribution in [2.45, 2.75) is 63.1 Å². The van der Waals surface area contributed by atoms with E-state index < -0.39 is 15.6 Å². The Labute approximate surface area is 167 Å². The van der Waals surface area contributed by atoms with Crippen LogP contribution >= 0.6 is 23.7 Å². The van der Waals surface area contributed by atoms with Crippen LogP contribution in [0.25, 0.3) is 0 Å². The third-order valence-electron chi connectivity index (χ3n) is 4.28. The highest BCUT2D eigenvalue weighted by Crippen LogP contribution is 2.25. The van der Waals surface area contributed by atoms with Crippen molar-refractivity contribution in [2.24, 2.45) is 11.7 Å². The Hall–Kier alpha value is -0.670. The van der Waals surface area contributed by atoms with Crippen molar-refractivity contribution in [3.63, 3.8) is 0 Å². The Kier molecular flexibility index (Phi) is 10.9. The average molecular weight is 426 g/mol. The van der Waals surface area contributed by atoms with E-state index in [2.05, 4.69) is 10.0 Å². The minimum atomic E-state index is -3.59. The third-order valence-corrected chi connectivity index (χ3v) is 7.50. The molecule has 0 bridgehead atoms. The molecular weight excluding hydrogens is 394 g/mol. The van der Waals surface area contributed by atoms with Gasteiger partial charge in [0.25, 0.3) is 10.0 Å². The summed E-state index contributed by atoms with van der Waals surface area (Å²) in [5, 5.41) is 2.86. The van der Waals surface area contributed by atoms with E-state index in [0.29, 0.717) is 38.1 Å². The summed E-state index contributed by atoms with van der Waals surface area (Å²) in [4.78, 5) is 12.6. The maximum absolute atomic E-state index is 12.6. The summed E-state index contributed by atoms with van der Waals surface area (Å²) in [5.41, 5.74) is 5.18. The molecule has 0 spiro atoms. The number of thiophene rings is 1. The second kappa shape index (κ2) is 11.2. The summed E-state index contributed by atoms with van der Waals surface area (Å²) in [6, 6.07) is 3.42. The molecule has 0 fully saturated rings. The maximum atomic E-state index is 12.6. The van der Waals surface area contributed by atoms with E-state index in [1.54, 1.807) is 12.1 Å². The molecule has 0 unspecified atom stereocenters. The zero-order valence-corrected chi connectivity index (χ0v) is 18.5. The number of rotatable bonds is 11. The zero-order valence-electron chi connectivity index (χ0n) is 16.0. The van der Waals surface area contributed by atoms with Gasteiger partial charge in [0.15, 0.2) is 0 Å². The molecule has 0 saturated heterocycles. The monoisotopic (exact) mass is 425 g/mol. The topological polar surface area (TPSA) is 101 Å². The minimum Gasteiger partial charge on any atom is -0.356 e. The van der Waals surface area contributed by atoms with Crippen molar-refractivity contribution < 1.29 is 13.2 Å². The summed E-state index contributed by atoms with van der Waals surface area (Å²) < 4.78 is 28.3. The van der Waals surface area contributed by atoms with E-state index in [-0.39, 0.29) is 29.1 Å². The molecule has 0 aromatic carbocycles. The molecule has 1 rings (SSSR count). The molecule has 0 saturated carbocycles. The minimum absolute atomic E-state index is 0. The first-order valence-electron chi connectivity index (χ1n) is 8.77. The molecule has 1 amide bonds. The van der Waals surface area contributed by atoms with Gasteiger partial charge in [0.1, 0.15) is 4.21 Å². The van der Waals surface area contributed by atoms with Crippen LogP contribution in [0.2, 0.25) is 0 Å². The standard InChI is InChI=1S/C17H31N3O3S2.ClH/c1-5-17(6-2,12-18)20-25(22,23)16-8-7-14(24-16)9-10-19-15(21)11-13(3)4;/h7-8,13,20H,5-6,9-12,18H2,1-4H3,(H,19,21);1H. The first kappa shape index (κ1) is 25.3. The predicted molar refractivity (Wildman–Crippen MR) is 110 cm³/mol. The summed E-state index contributed by atoms with van der Waals surface area (Å²) in [5.74, 6) is 0.351. The highest BCUT2D eigenvalue weighted by molar-refractivity contribution is 7.91. The van der Waals surface area contributed by atoms with Crippen LogP contribution in [0.3, 0.4) is 0 Å². The van der Waals surface area contributed by atoms with Crippen molar-refractivity contribution >= 4 is 39.7 Å². The Balaban J connectivity index is 0.00000625. The molecule has 0 aliphatic carbocycles. The van der Waals surface area contributed by atoms with Crippen LogP contribution in [-0.2, 0) is 21.2 Å². The predicted octanol–water partition coefficient (Wildman–Crippen LogP) is 2.67. The molecule has 4 N–H and O–H groups in total. The first-order chi connectivity index (χ1) is 11.7. The fourth-order valence-electron chi connectivity index (χ4n) is 2.47. The summed E-state index contributed by atoms with van der Waals surface area (Å²) in [7, 11) is -3.59. The van der Waals surface area contributed by atoms with E-state index >= 15 is 0 Å². The molecule has 1 aromatic heterocycles. The lowest BCUT2D eigenvalue weighted by Gasteiger charge is -2.30. The van der Waals surface area contributed by atoms with Gasteiger partial charge in [-0.15, -0.1) is 23.7 Å². The van der Waals surface area contributed by atoms with Crippen LogP contribution in [0.15, 0.2) is 16.3 Å². The van der Waals surface area contributed by atoms with E-state index in [9.17, 15) is 13.2 Å². The van der Waals surface area contributed by atoms with E-state index in [4.69, 9.17) is 5.73 Å². The number of hydrogen-bond acceptors (Lipinski definition) is 5. The lowest BCUT2D eigenvalue weighted by Crippen LogP contribution is -2.52. The Morgan fingerprint density at radius 1 is 1.27 bits per heavy atom. The Morgan fingerprint density at radius 3 is 2.38 bits per heavy atom. The fourth-order valence-corrected chi connectivity index (χ4v) is 5.37. The highest BCUT2D eigenvalue weighted by atomic mass is 35.5. The van der Waals surface area contributed by atoms with Gasteiger partial charge in [-0.1, -0.05) is 27.7 Å². The summed E-state index contributed by atoms with van der Waals surface area (Å²) >= 11 is 1.23. The number of amides is 1. The van der Waals surface area contributed by atoms with Crippen LogP contribution in [0.4, 0.5) is 0 Å². The SMILES string of the molecule is CCC(CC)(CN)NS(=O)(=O)c1ccc(CCNC(=O)CC(C)C)s1.Cl. The van der Waals surface area contributed by atoms with Gasteiger partial charge in [-0.25, -0.2) is 13.1 Å². The van der Waals surface area contributed by atoms with E-state index in [0.717, 1.165) is 4.88 Å². The second-order valence-corrected chi connectivity index (χ2v) is 9.79. The van der Waals surface area contributed by atoms with Crippen LogP contribution < -0.4 is 15.8 Å². The van der Waals surface area contributed by atoms with Crippen molar-refractivity contribution in [3.05, 3.63) is 17.0 Å². The van der Waals surface area contributed by atoms with Gasteiger partial charge in [-0.2, -0.15) is 0 Å². The maximum Gasteiger partial charge on any atom is 0.250 e. The molecule has 1 heterocycles. The van der Waals surface area contributed by atoms with E-state index in [1.807, 2.05) is 27.7 Å². The molecule has 152 valence electrons. The van der Waals surface area contributed by atoms with Crippen LogP contribution in [0, 0.1) is 5.92 Å². The first-order valence-corrected chi connectivity index (χ1v) is 11.1. The van der Waals surface area contributed by atoms with Gasteiger partial charge < -0.3 is 11.1 Å². The number of nitrogens with one attached hydrogen (secondary N) is 2. The van der Waals surface area contributed by atoms with Crippen molar-refractivity contribution in [1.29, 1.82) is 0 Å². The fraction of sp³-hybridized carbons (Fsp3) is 0.706. The molecular formula is C17H32ClN3O3S2. The molecule has 0 aliphatic heterocycles. The van der Waals surface area contributed by atoms with Gasteiger partial charge in [-0.05, 0) is 37.3 Å². The quantitative estimate of drug-likeness (QED) is 0.507. The molecule has 6 nitrogen and oxygen atoms in total. The second-order valence-electron chi connectivity index (χ2n) is 6.72. The largest absolute Gasteiger partial charge is 0.356 e. The van der Waals surface area contributed by atoms with Crippen molar-refractivity contribution in [2.75, 3.05) is 13.1 Å². The van der Waals surface area contributed by atoms with Gasteiger partial charge in [0.05, 0.1) is 0 Å². The van der Waals surface area contributed by atoms with Gasteiger partial charge in [0, 0.05) is 29.9 Å². The summed E-state index contributed by atoms with van der Waals surface area (Å²) in [6.45, 7) is 8.63. The molecule has 26 heavy (non-hydrogen) atoms. The van der Waals surface area contributed by atoms with E-state index in [1.165, 1.54) is 11.3 Å². The van der Waals surface area contributed by atoms with Gasteiger partial charge in [0.2, 0.25) is 5.91 Å². The number of hydrogen-bond donors (Lipinski definition) is 3. The smallest absolute Gasteiger partial charge is 0.250 e. The normalized spacial score (nSPS) is 12.1. The number of nitrogens with two attached hydrogens (primary N) is 1. The molecule has 0 atom stereocenters. The number of sulfonamides is 1. The molecule has 0 aliphatic rings. The lowest BCUT2D eigenvalue weighted by atomic mass is 9.95. The summed E-state index contributed by atoms with van der Waals surface area (Å²) in [6.07, 6.45) is 2.40. The number of carbonyl (C=O) groups excluding carboxylic acids is 1. The average Bonchev–Trinajstić information content (AvgIpc) is 3.02. The zero-order chi connectivity index (χ0) is 19.1.